The highest BCUT2D eigenvalue weighted by atomic mass is 14.9. The van der Waals surface area contributed by atoms with Gasteiger partial charge in [0.2, 0.25) is 0 Å². The molecular weight excluding hydrogens is 362 g/mol. The molecule has 3 aromatic rings. The molecule has 0 radical (unpaired) electrons. The zero-order chi connectivity index (χ0) is 21.6. The van der Waals surface area contributed by atoms with Gasteiger partial charge < -0.3 is 5.32 Å². The quantitative estimate of drug-likeness (QED) is 0.418. The predicted molar refractivity (Wildman–Crippen MR) is 133 cm³/mol. The zero-order valence-electron chi connectivity index (χ0n) is 18.9. The molecule has 0 bridgehead atoms. The summed E-state index contributed by atoms with van der Waals surface area (Å²) in [5, 5.41) is 3.50. The van der Waals surface area contributed by atoms with Crippen LogP contribution in [0.2, 0.25) is 0 Å². The maximum Gasteiger partial charge on any atom is 0.0340 e. The van der Waals surface area contributed by atoms with Crippen LogP contribution >= 0.6 is 0 Å². The fourth-order valence-corrected chi connectivity index (χ4v) is 3.16. The second-order valence-corrected chi connectivity index (χ2v) is 9.21. The van der Waals surface area contributed by atoms with Crippen molar-refractivity contribution in [3.05, 3.63) is 113 Å². The standard InChI is InChI=1S/C29H33N/c1-22-9-15-25(16-10-22)28(26-17-11-23(2)12-18-26)8-6-7-24-13-19-27(20-14-24)30-21-29(3,4)5/h6-20,30H,21H2,1-5H3/b7-6+. The fraction of sp³-hybridized carbons (Fsp3) is 0.241. The highest BCUT2D eigenvalue weighted by Gasteiger charge is 2.09. The molecule has 0 heterocycles. The van der Waals surface area contributed by atoms with E-state index in [1.807, 2.05) is 0 Å². The molecule has 1 nitrogen and oxygen atoms in total. The summed E-state index contributed by atoms with van der Waals surface area (Å²) >= 11 is 0. The predicted octanol–water partition coefficient (Wildman–Crippen LogP) is 7.91. The van der Waals surface area contributed by atoms with Gasteiger partial charge in [-0.15, -0.1) is 0 Å². The molecule has 3 rings (SSSR count). The number of anilines is 1. The number of benzene rings is 3. The summed E-state index contributed by atoms with van der Waals surface area (Å²) in [6.07, 6.45) is 6.52. The van der Waals surface area contributed by atoms with Gasteiger partial charge in [-0.1, -0.05) is 111 Å². The van der Waals surface area contributed by atoms with Crippen molar-refractivity contribution < 1.29 is 0 Å². The number of allylic oxidation sites excluding steroid dienone is 2. The van der Waals surface area contributed by atoms with Crippen molar-refractivity contribution in [3.63, 3.8) is 0 Å². The molecule has 0 saturated carbocycles. The van der Waals surface area contributed by atoms with Crippen molar-refractivity contribution in [1.82, 2.24) is 0 Å². The second-order valence-electron chi connectivity index (χ2n) is 9.21. The molecule has 3 aromatic carbocycles. The molecule has 0 spiro atoms. The van der Waals surface area contributed by atoms with Gasteiger partial charge in [0.1, 0.15) is 0 Å². The Hall–Kier alpha value is -3.06. The second kappa shape index (κ2) is 9.63. The minimum Gasteiger partial charge on any atom is -0.385 e. The van der Waals surface area contributed by atoms with Crippen LogP contribution in [0.25, 0.3) is 11.6 Å². The van der Waals surface area contributed by atoms with Gasteiger partial charge in [0, 0.05) is 12.2 Å². The zero-order valence-corrected chi connectivity index (χ0v) is 18.9. The van der Waals surface area contributed by atoms with E-state index in [1.165, 1.54) is 33.4 Å². The third kappa shape index (κ3) is 6.49. The minimum atomic E-state index is 0.270. The third-order valence-corrected chi connectivity index (χ3v) is 5.01. The van der Waals surface area contributed by atoms with Crippen LogP contribution in [0.4, 0.5) is 5.69 Å². The Labute approximate surface area is 182 Å². The molecular formula is C29H33N. The summed E-state index contributed by atoms with van der Waals surface area (Å²) in [5.74, 6) is 0. The van der Waals surface area contributed by atoms with Crippen molar-refractivity contribution in [2.75, 3.05) is 11.9 Å². The largest absolute Gasteiger partial charge is 0.385 e. The number of nitrogens with one attached hydrogen (secondary N) is 1. The van der Waals surface area contributed by atoms with E-state index in [0.29, 0.717) is 0 Å². The summed E-state index contributed by atoms with van der Waals surface area (Å²) in [6, 6.07) is 26.1. The van der Waals surface area contributed by atoms with E-state index in [-0.39, 0.29) is 5.41 Å². The average Bonchev–Trinajstić information content (AvgIpc) is 2.72. The van der Waals surface area contributed by atoms with Crippen molar-refractivity contribution in [3.8, 4) is 0 Å². The summed E-state index contributed by atoms with van der Waals surface area (Å²) in [5.41, 5.74) is 8.88. The molecule has 0 atom stereocenters. The fourth-order valence-electron chi connectivity index (χ4n) is 3.16. The van der Waals surface area contributed by atoms with Crippen LogP contribution in [-0.2, 0) is 0 Å². The van der Waals surface area contributed by atoms with Gasteiger partial charge in [0.15, 0.2) is 0 Å². The lowest BCUT2D eigenvalue weighted by molar-refractivity contribution is 0.443. The van der Waals surface area contributed by atoms with E-state index in [0.717, 1.165) is 12.2 Å². The highest BCUT2D eigenvalue weighted by molar-refractivity contribution is 5.81. The molecule has 0 fully saturated rings. The Kier molecular flexibility index (Phi) is 6.95. The van der Waals surface area contributed by atoms with Gasteiger partial charge in [-0.05, 0) is 53.7 Å². The van der Waals surface area contributed by atoms with Crippen LogP contribution in [0.15, 0.2) is 84.9 Å². The molecule has 0 aromatic heterocycles. The molecule has 1 N–H and O–H groups in total. The lowest BCUT2D eigenvalue weighted by atomic mass is 9.96. The molecule has 0 aliphatic carbocycles. The molecule has 0 aliphatic heterocycles. The van der Waals surface area contributed by atoms with Gasteiger partial charge in [0.05, 0.1) is 0 Å². The van der Waals surface area contributed by atoms with Crippen molar-refractivity contribution >= 4 is 17.3 Å². The summed E-state index contributed by atoms with van der Waals surface area (Å²) < 4.78 is 0. The number of hydrogen-bond donors (Lipinski definition) is 1. The van der Waals surface area contributed by atoms with E-state index in [4.69, 9.17) is 0 Å². The van der Waals surface area contributed by atoms with Gasteiger partial charge in [-0.2, -0.15) is 0 Å². The first-order chi connectivity index (χ1) is 14.3. The van der Waals surface area contributed by atoms with Gasteiger partial charge >= 0.3 is 0 Å². The van der Waals surface area contributed by atoms with Crippen LogP contribution in [0.3, 0.4) is 0 Å². The van der Waals surface area contributed by atoms with Crippen LogP contribution in [0.5, 0.6) is 0 Å². The lowest BCUT2D eigenvalue weighted by Crippen LogP contribution is -2.18. The normalized spacial score (nSPS) is 11.5. The van der Waals surface area contributed by atoms with Gasteiger partial charge in [-0.25, -0.2) is 0 Å². The Balaban J connectivity index is 1.80. The van der Waals surface area contributed by atoms with Gasteiger partial charge in [0.25, 0.3) is 0 Å². The number of rotatable bonds is 6. The molecule has 0 aliphatic rings. The monoisotopic (exact) mass is 395 g/mol. The van der Waals surface area contributed by atoms with E-state index in [2.05, 4.69) is 131 Å². The average molecular weight is 396 g/mol. The van der Waals surface area contributed by atoms with E-state index in [9.17, 15) is 0 Å². The molecule has 0 saturated heterocycles. The van der Waals surface area contributed by atoms with E-state index < -0.39 is 0 Å². The molecule has 154 valence electrons. The van der Waals surface area contributed by atoms with Crippen molar-refractivity contribution in [2.24, 2.45) is 5.41 Å². The first-order valence-corrected chi connectivity index (χ1v) is 10.7. The topological polar surface area (TPSA) is 12.0 Å². The van der Waals surface area contributed by atoms with Crippen LogP contribution in [0.1, 0.15) is 48.6 Å². The van der Waals surface area contributed by atoms with Crippen molar-refractivity contribution in [1.29, 1.82) is 0 Å². The van der Waals surface area contributed by atoms with Crippen LogP contribution in [-0.4, -0.2) is 6.54 Å². The first-order valence-electron chi connectivity index (χ1n) is 10.7. The summed E-state index contributed by atoms with van der Waals surface area (Å²) in [6.45, 7) is 11.9. The van der Waals surface area contributed by atoms with Crippen LogP contribution < -0.4 is 5.32 Å². The Morgan fingerprint density at radius 3 is 1.70 bits per heavy atom. The maximum atomic E-state index is 3.50. The Bertz CT molecular complexity index is 948. The van der Waals surface area contributed by atoms with E-state index >= 15 is 0 Å². The third-order valence-electron chi connectivity index (χ3n) is 5.01. The Morgan fingerprint density at radius 1 is 0.733 bits per heavy atom. The van der Waals surface area contributed by atoms with Crippen molar-refractivity contribution in [2.45, 2.75) is 34.6 Å². The molecule has 30 heavy (non-hydrogen) atoms. The molecule has 0 unspecified atom stereocenters. The SMILES string of the molecule is Cc1ccc(C(=C/C=C/c2ccc(NCC(C)(C)C)cc2)c2ccc(C)cc2)cc1. The minimum absolute atomic E-state index is 0.270. The summed E-state index contributed by atoms with van der Waals surface area (Å²) in [4.78, 5) is 0. The number of aryl methyl sites for hydroxylation is 2. The maximum absolute atomic E-state index is 3.50. The Morgan fingerprint density at radius 2 is 1.23 bits per heavy atom. The molecule has 0 amide bonds. The van der Waals surface area contributed by atoms with E-state index in [1.54, 1.807) is 0 Å². The van der Waals surface area contributed by atoms with Gasteiger partial charge in [-0.3, -0.25) is 0 Å². The molecule has 1 heteroatoms. The lowest BCUT2D eigenvalue weighted by Gasteiger charge is -2.19. The summed E-state index contributed by atoms with van der Waals surface area (Å²) in [7, 11) is 0. The number of hydrogen-bond acceptors (Lipinski definition) is 1. The smallest absolute Gasteiger partial charge is 0.0340 e. The highest BCUT2D eigenvalue weighted by Crippen LogP contribution is 2.25. The van der Waals surface area contributed by atoms with Crippen LogP contribution in [0, 0.1) is 19.3 Å². The first kappa shape index (κ1) is 21.6.